The quantitative estimate of drug-likeness (QED) is 0.0293. The van der Waals surface area contributed by atoms with Crippen LogP contribution >= 0.6 is 11.3 Å². The molecule has 0 spiro atoms. The van der Waals surface area contributed by atoms with E-state index in [0.717, 1.165) is 29.8 Å². The zero-order chi connectivity index (χ0) is 66.7. The lowest BCUT2D eigenvalue weighted by Crippen LogP contribution is -2.57. The Balaban J connectivity index is 1.34. The first-order valence-electron chi connectivity index (χ1n) is 31.6. The van der Waals surface area contributed by atoms with Gasteiger partial charge >= 0.3 is 12.1 Å². The van der Waals surface area contributed by atoms with Crippen LogP contribution in [-0.4, -0.2) is 158 Å². The second kappa shape index (κ2) is 37.8. The summed E-state index contributed by atoms with van der Waals surface area (Å²) in [6, 6.07) is 12.4. The first-order chi connectivity index (χ1) is 42.8. The lowest BCUT2D eigenvalue weighted by molar-refractivity contribution is -0.148. The van der Waals surface area contributed by atoms with E-state index < -0.39 is 77.6 Å². The molecular formula is C65H102N12O12S. The van der Waals surface area contributed by atoms with Crippen molar-refractivity contribution >= 4 is 70.5 Å². The maximum atomic E-state index is 14.7. The van der Waals surface area contributed by atoms with Crippen molar-refractivity contribution in [3.05, 3.63) is 82.3 Å². The molecule has 4 rings (SSSR count). The zero-order valence-corrected chi connectivity index (χ0v) is 55.7. The van der Waals surface area contributed by atoms with Crippen molar-refractivity contribution in [1.29, 1.82) is 0 Å². The molecule has 0 aliphatic carbocycles. The molecule has 1 unspecified atom stereocenters. The van der Waals surface area contributed by atoms with Crippen LogP contribution in [-0.2, 0) is 60.8 Å². The number of aromatic nitrogens is 1. The Kier molecular flexibility index (Phi) is 31.6. The van der Waals surface area contributed by atoms with Crippen molar-refractivity contribution < 1.29 is 57.4 Å². The summed E-state index contributed by atoms with van der Waals surface area (Å²) in [5.41, 5.74) is 11.3. The standard InChI is InChI=1S/C65H102N12O12S/c1-13-42(6)55(51(87-11)37-53(79)77-34-21-25-50(77)56(88-12)43(7)57(80)73-49(60-68-33-35-90-60)36-44-22-16-14-17-23-44)76(10)61(83)47(40(2)3)38-70-62(84)65(8,9)75-64(86)89-39-45-27-29-46(30-28-45)71-58(81)48(24-20-32-69-63(67)85)72-59(82)54(41(4)5)74-52(78)26-18-15-19-31-66/h14,16-17,22-23,27-30,33,35,40-43,47-51,54-56H,13,15,18-21,24-26,31-32,34,36-39,66H2,1-12H3,(H,70,84)(H,71,81)(H,72,82)(H,73,80)(H,74,78)(H,75,86)(H3,67,69,85)/t42-,43+,47?,48-,49-,50-,51+,54-,55-,56+/m0/s1. The molecule has 500 valence electrons. The summed E-state index contributed by atoms with van der Waals surface area (Å²) < 4.78 is 17.7. The van der Waals surface area contributed by atoms with Gasteiger partial charge in [-0.15, -0.1) is 11.3 Å². The summed E-state index contributed by atoms with van der Waals surface area (Å²) in [6.07, 6.45) is 4.91. The van der Waals surface area contributed by atoms with Crippen LogP contribution in [0.4, 0.5) is 15.3 Å². The number of nitrogens with two attached hydrogens (primary N) is 2. The van der Waals surface area contributed by atoms with E-state index in [1.807, 2.05) is 70.3 Å². The average molecular weight is 1280 g/mol. The van der Waals surface area contributed by atoms with Crippen molar-refractivity contribution in [2.24, 2.45) is 41.1 Å². The fourth-order valence-electron chi connectivity index (χ4n) is 11.2. The maximum absolute atomic E-state index is 14.7. The average Bonchev–Trinajstić information content (AvgIpc) is 1.49. The van der Waals surface area contributed by atoms with E-state index in [0.29, 0.717) is 56.4 Å². The number of amides is 10. The number of nitrogens with one attached hydrogen (secondary N) is 7. The third kappa shape index (κ3) is 23.5. The Bertz CT molecular complexity index is 2750. The molecule has 25 heteroatoms. The highest BCUT2D eigenvalue weighted by Gasteiger charge is 2.44. The van der Waals surface area contributed by atoms with Crippen molar-refractivity contribution in [2.45, 2.75) is 188 Å². The van der Waals surface area contributed by atoms with Crippen LogP contribution in [0.1, 0.15) is 149 Å². The number of urea groups is 1. The molecule has 2 heterocycles. The van der Waals surface area contributed by atoms with Gasteiger partial charge in [0.05, 0.1) is 48.6 Å². The van der Waals surface area contributed by atoms with Crippen LogP contribution in [0.3, 0.4) is 0 Å². The molecule has 1 aromatic heterocycles. The first kappa shape index (κ1) is 75.2. The molecule has 11 N–H and O–H groups in total. The number of nitrogens with zero attached hydrogens (tertiary/aromatic N) is 3. The number of unbranched alkanes of at least 4 members (excludes halogenated alkanes) is 2. The fraction of sp³-hybridized carbons (Fsp3) is 0.631. The molecular weight excluding hydrogens is 1170 g/mol. The lowest BCUT2D eigenvalue weighted by Gasteiger charge is -2.41. The van der Waals surface area contributed by atoms with Gasteiger partial charge in [-0.3, -0.25) is 33.6 Å². The molecule has 0 saturated carbocycles. The number of hydrogen-bond acceptors (Lipinski definition) is 15. The Morgan fingerprint density at radius 3 is 2.12 bits per heavy atom. The summed E-state index contributed by atoms with van der Waals surface area (Å²) in [5.74, 6) is -4.56. The highest BCUT2D eigenvalue weighted by atomic mass is 32.1. The second-order valence-corrected chi connectivity index (χ2v) is 25.6. The molecule has 1 saturated heterocycles. The summed E-state index contributed by atoms with van der Waals surface area (Å²) in [5, 5.41) is 22.2. The van der Waals surface area contributed by atoms with Crippen molar-refractivity contribution in [3.8, 4) is 0 Å². The van der Waals surface area contributed by atoms with E-state index in [2.05, 4.69) is 42.2 Å². The van der Waals surface area contributed by atoms with Crippen LogP contribution < -0.4 is 48.7 Å². The fourth-order valence-corrected chi connectivity index (χ4v) is 11.9. The second-order valence-electron chi connectivity index (χ2n) is 24.7. The molecule has 90 heavy (non-hydrogen) atoms. The Hall–Kier alpha value is -7.22. The minimum atomic E-state index is -1.49. The molecule has 0 bridgehead atoms. The number of ether oxygens (including phenoxy) is 3. The van der Waals surface area contributed by atoms with E-state index in [1.54, 1.807) is 68.3 Å². The van der Waals surface area contributed by atoms with E-state index in [-0.39, 0.29) is 92.4 Å². The van der Waals surface area contributed by atoms with Crippen LogP contribution in [0.15, 0.2) is 66.2 Å². The summed E-state index contributed by atoms with van der Waals surface area (Å²) in [7, 11) is 4.80. The van der Waals surface area contributed by atoms with Crippen molar-refractivity contribution in [3.63, 3.8) is 0 Å². The molecule has 0 radical (unpaired) electrons. The summed E-state index contributed by atoms with van der Waals surface area (Å²) in [6.45, 7) is 17.1. The van der Waals surface area contributed by atoms with Gasteiger partial charge in [0.1, 0.15) is 29.2 Å². The molecule has 1 aliphatic heterocycles. The van der Waals surface area contributed by atoms with Crippen LogP contribution in [0.5, 0.6) is 0 Å². The predicted octanol–water partition coefficient (Wildman–Crippen LogP) is 6.09. The van der Waals surface area contributed by atoms with Gasteiger partial charge in [0.2, 0.25) is 41.4 Å². The van der Waals surface area contributed by atoms with E-state index >= 15 is 0 Å². The van der Waals surface area contributed by atoms with E-state index in [9.17, 15) is 43.2 Å². The Morgan fingerprint density at radius 1 is 0.822 bits per heavy atom. The molecule has 1 aliphatic rings. The van der Waals surface area contributed by atoms with Gasteiger partial charge in [0, 0.05) is 64.6 Å². The van der Waals surface area contributed by atoms with E-state index in [1.165, 1.54) is 32.3 Å². The number of rotatable bonds is 38. The zero-order valence-electron chi connectivity index (χ0n) is 54.9. The third-order valence-corrected chi connectivity index (χ3v) is 17.6. The number of carbonyl (C=O) groups is 9. The molecule has 24 nitrogen and oxygen atoms in total. The number of alkyl carbamates (subject to hydrolysis) is 1. The minimum absolute atomic E-state index is 0.0347. The van der Waals surface area contributed by atoms with Gasteiger partial charge in [-0.2, -0.15) is 0 Å². The molecule has 3 aromatic rings. The maximum Gasteiger partial charge on any atom is 0.408 e. The van der Waals surface area contributed by atoms with Gasteiger partial charge in [-0.05, 0) is 106 Å². The number of thiazole rings is 1. The van der Waals surface area contributed by atoms with Gasteiger partial charge in [0.15, 0.2) is 0 Å². The van der Waals surface area contributed by atoms with E-state index in [4.69, 9.17) is 25.7 Å². The number of methoxy groups -OCH3 is 2. The largest absolute Gasteiger partial charge is 0.445 e. The monoisotopic (exact) mass is 1270 g/mol. The Morgan fingerprint density at radius 2 is 1.52 bits per heavy atom. The minimum Gasteiger partial charge on any atom is -0.445 e. The molecule has 1 fully saturated rings. The highest BCUT2D eigenvalue weighted by molar-refractivity contribution is 7.09. The van der Waals surface area contributed by atoms with Gasteiger partial charge in [0.25, 0.3) is 0 Å². The van der Waals surface area contributed by atoms with Crippen molar-refractivity contribution in [2.75, 3.05) is 52.8 Å². The number of anilines is 1. The number of likely N-dealkylation sites (tertiary alicyclic amines) is 1. The SMILES string of the molecule is CC[C@H](C)[C@@H]([C@@H](CC(=O)N1CCC[C@H]1[C@H](OC)[C@@H](C)C(=O)N[C@@H](Cc1ccccc1)c1nccs1)OC)N(C)C(=O)C(CNC(=O)C(C)(C)NC(=O)OCc1ccc(NC(=O)[C@H](CCCNC(N)=O)NC(=O)[C@@H](NC(=O)CCCCCN)C(C)C)cc1)C(C)C. The normalized spacial score (nSPS) is 16.3. The van der Waals surface area contributed by atoms with Crippen LogP contribution in [0.25, 0.3) is 0 Å². The lowest BCUT2D eigenvalue weighted by atomic mass is 9.87. The number of primary amides is 1. The third-order valence-electron chi connectivity index (χ3n) is 16.8. The smallest absolute Gasteiger partial charge is 0.408 e. The molecule has 2 aromatic carbocycles. The topological polar surface area (TPSA) is 337 Å². The highest BCUT2D eigenvalue weighted by Crippen LogP contribution is 2.31. The molecule has 10 amide bonds. The number of carbonyl (C=O) groups excluding carboxylic acids is 9. The number of hydrogen-bond donors (Lipinski definition) is 9. The van der Waals surface area contributed by atoms with Gasteiger partial charge in [-0.1, -0.05) is 104 Å². The summed E-state index contributed by atoms with van der Waals surface area (Å²) in [4.78, 5) is 130. The Labute approximate surface area is 535 Å². The number of benzene rings is 2. The summed E-state index contributed by atoms with van der Waals surface area (Å²) >= 11 is 1.48. The van der Waals surface area contributed by atoms with Gasteiger partial charge < -0.3 is 72.7 Å². The van der Waals surface area contributed by atoms with Crippen LogP contribution in [0.2, 0.25) is 0 Å². The van der Waals surface area contributed by atoms with Crippen molar-refractivity contribution in [1.82, 2.24) is 46.7 Å². The predicted molar refractivity (Wildman–Crippen MR) is 346 cm³/mol. The first-order valence-corrected chi connectivity index (χ1v) is 32.5. The molecule has 10 atom stereocenters. The van der Waals surface area contributed by atoms with Crippen LogP contribution in [0, 0.1) is 29.6 Å². The number of likely N-dealkylation sites (N-methyl/N-ethyl adjacent to an activating group) is 1. The van der Waals surface area contributed by atoms with Gasteiger partial charge in [-0.25, -0.2) is 14.6 Å².